The highest BCUT2D eigenvalue weighted by atomic mass is 16.2. The van der Waals surface area contributed by atoms with E-state index in [1.165, 1.54) is 11.8 Å². The molecule has 0 radical (unpaired) electrons. The Hall–Kier alpha value is -2.49. The summed E-state index contributed by atoms with van der Waals surface area (Å²) in [7, 11) is 0. The van der Waals surface area contributed by atoms with Gasteiger partial charge in [-0.05, 0) is 24.6 Å². The van der Waals surface area contributed by atoms with Crippen LogP contribution in [-0.2, 0) is 0 Å². The van der Waals surface area contributed by atoms with E-state index in [0.717, 1.165) is 5.56 Å². The zero-order valence-corrected chi connectivity index (χ0v) is 10.00. The molecule has 2 rings (SSSR count). The van der Waals surface area contributed by atoms with E-state index in [0.29, 0.717) is 5.56 Å². The van der Waals surface area contributed by atoms with Crippen LogP contribution in [0.4, 0.5) is 0 Å². The molecule has 1 aromatic heterocycles. The third-order valence-electron chi connectivity index (χ3n) is 2.38. The zero-order valence-electron chi connectivity index (χ0n) is 10.00. The molecule has 0 aliphatic carbocycles. The average Bonchev–Trinajstić information content (AvgIpc) is 2.42. The molecule has 2 aromatic rings. The van der Waals surface area contributed by atoms with Crippen molar-refractivity contribution in [3.63, 3.8) is 0 Å². The number of carbonyl (C=O) groups excluding carboxylic acids is 1. The molecule has 0 aliphatic heterocycles. The fourth-order valence-corrected chi connectivity index (χ4v) is 1.38. The van der Waals surface area contributed by atoms with Gasteiger partial charge in [0.05, 0.1) is 11.8 Å². The molecule has 1 aromatic carbocycles. The van der Waals surface area contributed by atoms with Crippen LogP contribution in [0.15, 0.2) is 53.9 Å². The summed E-state index contributed by atoms with van der Waals surface area (Å²) >= 11 is 0. The fourth-order valence-electron chi connectivity index (χ4n) is 1.38. The number of benzene rings is 1. The van der Waals surface area contributed by atoms with Gasteiger partial charge in [-0.15, -0.1) is 0 Å². The van der Waals surface area contributed by atoms with Crippen LogP contribution in [0, 0.1) is 6.92 Å². The lowest BCUT2D eigenvalue weighted by Crippen LogP contribution is -2.17. The summed E-state index contributed by atoms with van der Waals surface area (Å²) in [5.41, 5.74) is 5.06. The van der Waals surface area contributed by atoms with E-state index < -0.39 is 0 Å². The molecule has 4 nitrogen and oxygen atoms in total. The standard InChI is InChI=1S/C14H13N3O/c1-11-4-6-12(7-5-11)9-16-17-14(18)13-3-2-8-15-10-13/h2-10H,1H3,(H,17,18)/b16-9+. The van der Waals surface area contributed by atoms with Crippen molar-refractivity contribution < 1.29 is 4.79 Å². The number of pyridine rings is 1. The molecule has 0 saturated heterocycles. The number of nitrogens with zero attached hydrogens (tertiary/aromatic N) is 2. The second-order valence-electron chi connectivity index (χ2n) is 3.85. The molecule has 0 unspecified atom stereocenters. The minimum atomic E-state index is -0.272. The monoisotopic (exact) mass is 239 g/mol. The maximum atomic E-state index is 11.6. The van der Waals surface area contributed by atoms with E-state index in [4.69, 9.17) is 0 Å². The summed E-state index contributed by atoms with van der Waals surface area (Å²) in [6.45, 7) is 2.02. The Morgan fingerprint density at radius 2 is 2.06 bits per heavy atom. The van der Waals surface area contributed by atoms with Gasteiger partial charge in [0.2, 0.25) is 0 Å². The molecule has 4 heteroatoms. The lowest BCUT2D eigenvalue weighted by atomic mass is 10.2. The van der Waals surface area contributed by atoms with E-state index in [2.05, 4.69) is 15.5 Å². The van der Waals surface area contributed by atoms with Gasteiger partial charge < -0.3 is 0 Å². The van der Waals surface area contributed by atoms with Crippen LogP contribution >= 0.6 is 0 Å². The van der Waals surface area contributed by atoms with E-state index >= 15 is 0 Å². The summed E-state index contributed by atoms with van der Waals surface area (Å²) in [6, 6.07) is 11.3. The Morgan fingerprint density at radius 1 is 1.28 bits per heavy atom. The quantitative estimate of drug-likeness (QED) is 0.659. The molecular weight excluding hydrogens is 226 g/mol. The molecule has 0 atom stereocenters. The zero-order chi connectivity index (χ0) is 12.8. The first-order valence-electron chi connectivity index (χ1n) is 5.56. The SMILES string of the molecule is Cc1ccc(/C=N/NC(=O)c2cccnc2)cc1. The molecule has 0 fully saturated rings. The first-order chi connectivity index (χ1) is 8.75. The second-order valence-corrected chi connectivity index (χ2v) is 3.85. The number of aromatic nitrogens is 1. The van der Waals surface area contributed by atoms with Crippen LogP contribution in [0.25, 0.3) is 0 Å². The molecule has 1 N–H and O–H groups in total. The number of hydrogen-bond donors (Lipinski definition) is 1. The van der Waals surface area contributed by atoms with E-state index in [1.54, 1.807) is 24.5 Å². The van der Waals surface area contributed by atoms with Crippen molar-refractivity contribution in [3.05, 3.63) is 65.5 Å². The minimum Gasteiger partial charge on any atom is -0.267 e. The molecular formula is C14H13N3O. The highest BCUT2D eigenvalue weighted by molar-refractivity contribution is 5.94. The molecule has 18 heavy (non-hydrogen) atoms. The van der Waals surface area contributed by atoms with Crippen molar-refractivity contribution >= 4 is 12.1 Å². The van der Waals surface area contributed by atoms with Crippen molar-refractivity contribution in [1.29, 1.82) is 0 Å². The smallest absolute Gasteiger partial charge is 0.267 e. The average molecular weight is 239 g/mol. The first-order valence-corrected chi connectivity index (χ1v) is 5.56. The van der Waals surface area contributed by atoms with Gasteiger partial charge in [0, 0.05) is 12.4 Å². The molecule has 0 saturated carbocycles. The predicted octanol–water partition coefficient (Wildman–Crippen LogP) is 2.15. The number of amides is 1. The number of hydrazone groups is 1. The van der Waals surface area contributed by atoms with E-state index in [-0.39, 0.29) is 5.91 Å². The van der Waals surface area contributed by atoms with E-state index in [1.807, 2.05) is 31.2 Å². The van der Waals surface area contributed by atoms with E-state index in [9.17, 15) is 4.79 Å². The Balaban J connectivity index is 1.96. The summed E-state index contributed by atoms with van der Waals surface area (Å²) < 4.78 is 0. The first kappa shape index (κ1) is 12.0. The second kappa shape index (κ2) is 5.72. The van der Waals surface area contributed by atoms with Crippen molar-refractivity contribution in [2.75, 3.05) is 0 Å². The lowest BCUT2D eigenvalue weighted by molar-refractivity contribution is 0.0955. The molecule has 1 amide bonds. The van der Waals surface area contributed by atoms with Crippen LogP contribution in [0.3, 0.4) is 0 Å². The normalized spacial score (nSPS) is 10.5. The Bertz CT molecular complexity index is 547. The van der Waals surface area contributed by atoms with Gasteiger partial charge in [0.25, 0.3) is 5.91 Å². The largest absolute Gasteiger partial charge is 0.272 e. The Kier molecular flexibility index (Phi) is 3.81. The highest BCUT2D eigenvalue weighted by Crippen LogP contribution is 2.00. The number of hydrogen-bond acceptors (Lipinski definition) is 3. The highest BCUT2D eigenvalue weighted by Gasteiger charge is 2.01. The third kappa shape index (κ3) is 3.25. The van der Waals surface area contributed by atoms with Gasteiger partial charge in [-0.1, -0.05) is 29.8 Å². The third-order valence-corrected chi connectivity index (χ3v) is 2.38. The Morgan fingerprint density at radius 3 is 2.72 bits per heavy atom. The van der Waals surface area contributed by atoms with Crippen LogP contribution < -0.4 is 5.43 Å². The predicted molar refractivity (Wildman–Crippen MR) is 70.5 cm³/mol. The van der Waals surface area contributed by atoms with Crippen molar-refractivity contribution in [2.24, 2.45) is 5.10 Å². The fraction of sp³-hybridized carbons (Fsp3) is 0.0714. The summed E-state index contributed by atoms with van der Waals surface area (Å²) in [5.74, 6) is -0.272. The van der Waals surface area contributed by atoms with Gasteiger partial charge in [0.15, 0.2) is 0 Å². The van der Waals surface area contributed by atoms with Crippen molar-refractivity contribution in [3.8, 4) is 0 Å². The van der Waals surface area contributed by atoms with Gasteiger partial charge in [-0.25, -0.2) is 5.43 Å². The minimum absolute atomic E-state index is 0.272. The van der Waals surface area contributed by atoms with Crippen LogP contribution in [0.1, 0.15) is 21.5 Å². The van der Waals surface area contributed by atoms with Crippen LogP contribution in [0.2, 0.25) is 0 Å². The molecule has 0 bridgehead atoms. The number of aryl methyl sites for hydroxylation is 1. The Labute approximate surface area is 105 Å². The lowest BCUT2D eigenvalue weighted by Gasteiger charge is -1.98. The van der Waals surface area contributed by atoms with Gasteiger partial charge >= 0.3 is 0 Å². The summed E-state index contributed by atoms with van der Waals surface area (Å²) in [6.07, 6.45) is 4.72. The molecule has 1 heterocycles. The van der Waals surface area contributed by atoms with Gasteiger partial charge in [-0.3, -0.25) is 9.78 Å². The van der Waals surface area contributed by atoms with Gasteiger partial charge in [0.1, 0.15) is 0 Å². The maximum Gasteiger partial charge on any atom is 0.272 e. The maximum absolute atomic E-state index is 11.6. The van der Waals surface area contributed by atoms with Gasteiger partial charge in [-0.2, -0.15) is 5.10 Å². The van der Waals surface area contributed by atoms with Crippen LogP contribution in [0.5, 0.6) is 0 Å². The van der Waals surface area contributed by atoms with Crippen molar-refractivity contribution in [2.45, 2.75) is 6.92 Å². The molecule has 0 aliphatic rings. The topological polar surface area (TPSA) is 54.4 Å². The summed E-state index contributed by atoms with van der Waals surface area (Å²) in [5, 5.41) is 3.90. The number of nitrogens with one attached hydrogen (secondary N) is 1. The number of carbonyl (C=O) groups is 1. The summed E-state index contributed by atoms with van der Waals surface area (Å²) in [4.78, 5) is 15.5. The number of rotatable bonds is 3. The molecule has 90 valence electrons. The van der Waals surface area contributed by atoms with Crippen molar-refractivity contribution in [1.82, 2.24) is 10.4 Å². The molecule has 0 spiro atoms. The van der Waals surface area contributed by atoms with Crippen LogP contribution in [-0.4, -0.2) is 17.1 Å².